The van der Waals surface area contributed by atoms with E-state index in [9.17, 15) is 0 Å². The highest BCUT2D eigenvalue weighted by molar-refractivity contribution is 8.21. The highest BCUT2D eigenvalue weighted by Crippen LogP contribution is 2.22. The molecule has 72 valence electrons. The molecule has 0 fully saturated rings. The second-order valence-corrected chi connectivity index (χ2v) is 5.87. The molecule has 0 aliphatic carbocycles. The van der Waals surface area contributed by atoms with E-state index in [-0.39, 0.29) is 0 Å². The molecule has 0 aromatic rings. The van der Waals surface area contributed by atoms with Crippen molar-refractivity contribution >= 4 is 36.2 Å². The topological polar surface area (TPSA) is 0 Å². The molecule has 0 saturated carbocycles. The van der Waals surface area contributed by atoms with Crippen molar-refractivity contribution < 1.29 is 0 Å². The summed E-state index contributed by atoms with van der Waals surface area (Å²) in [5.74, 6) is 0.990. The van der Waals surface area contributed by atoms with Crippen molar-refractivity contribution in [1.29, 1.82) is 0 Å². The van der Waals surface area contributed by atoms with Crippen LogP contribution in [-0.2, 0) is 0 Å². The smallest absolute Gasteiger partial charge is 0.0475 e. The summed E-state index contributed by atoms with van der Waals surface area (Å²) in [6.07, 6.45) is 1.22. The van der Waals surface area contributed by atoms with Gasteiger partial charge in [-0.05, 0) is 22.0 Å². The number of thioether (sulfide) groups is 2. The molecule has 1 rings (SSSR count). The molecule has 0 amide bonds. The largest absolute Gasteiger partial charge is 0.179 e. The minimum Gasteiger partial charge on any atom is -0.179 e. The molecule has 3 heteroatoms. The van der Waals surface area contributed by atoms with Gasteiger partial charge < -0.3 is 0 Å². The molecule has 0 unspecified atom stereocenters. The predicted octanol–water partition coefficient (Wildman–Crippen LogP) is 4.25. The van der Waals surface area contributed by atoms with Crippen LogP contribution in [0.25, 0.3) is 0 Å². The standard InChI is InChI=1S/C6H14S.C3H4S2/c1-4-6(2,3)5-7;1-2-5-3-4-1/h7H,4-5H2,1-3H3;1-2H,3H2. The number of hydrogen-bond acceptors (Lipinski definition) is 3. The Labute approximate surface area is 90.4 Å². The fourth-order valence-corrected chi connectivity index (χ4v) is 2.10. The normalized spacial score (nSPS) is 15.7. The van der Waals surface area contributed by atoms with Gasteiger partial charge in [-0.3, -0.25) is 0 Å². The third-order valence-corrected chi connectivity index (χ3v) is 4.54. The van der Waals surface area contributed by atoms with Gasteiger partial charge >= 0.3 is 0 Å². The van der Waals surface area contributed by atoms with E-state index in [0.717, 1.165) is 5.75 Å². The summed E-state index contributed by atoms with van der Waals surface area (Å²) in [6, 6.07) is 0. The van der Waals surface area contributed by atoms with Gasteiger partial charge in [0.15, 0.2) is 0 Å². The van der Waals surface area contributed by atoms with Gasteiger partial charge in [0.2, 0.25) is 0 Å². The van der Waals surface area contributed by atoms with Gasteiger partial charge in [0, 0.05) is 5.08 Å². The second kappa shape index (κ2) is 7.22. The van der Waals surface area contributed by atoms with Crippen LogP contribution in [0.1, 0.15) is 27.2 Å². The Morgan fingerprint density at radius 1 is 1.33 bits per heavy atom. The van der Waals surface area contributed by atoms with Crippen LogP contribution in [0, 0.1) is 5.41 Å². The first-order chi connectivity index (χ1) is 5.62. The van der Waals surface area contributed by atoms with E-state index in [0.29, 0.717) is 5.41 Å². The van der Waals surface area contributed by atoms with Crippen molar-refractivity contribution in [2.24, 2.45) is 5.41 Å². The zero-order chi connectivity index (χ0) is 9.45. The molecule has 12 heavy (non-hydrogen) atoms. The number of rotatable bonds is 2. The van der Waals surface area contributed by atoms with E-state index >= 15 is 0 Å². The van der Waals surface area contributed by atoms with Crippen molar-refractivity contribution in [2.45, 2.75) is 27.2 Å². The van der Waals surface area contributed by atoms with Crippen molar-refractivity contribution in [3.05, 3.63) is 10.8 Å². The number of hydrogen-bond donors (Lipinski definition) is 1. The van der Waals surface area contributed by atoms with Gasteiger partial charge in [-0.1, -0.05) is 27.2 Å². The first kappa shape index (κ1) is 12.8. The van der Waals surface area contributed by atoms with Crippen LogP contribution < -0.4 is 0 Å². The highest BCUT2D eigenvalue weighted by Gasteiger charge is 2.10. The molecular weight excluding hydrogens is 204 g/mol. The van der Waals surface area contributed by atoms with Gasteiger partial charge in [-0.2, -0.15) is 12.6 Å². The third-order valence-electron chi connectivity index (χ3n) is 1.77. The lowest BCUT2D eigenvalue weighted by Crippen LogP contribution is -2.10. The average Bonchev–Trinajstić information content (AvgIpc) is 2.62. The summed E-state index contributed by atoms with van der Waals surface area (Å²) < 4.78 is 0. The predicted molar refractivity (Wildman–Crippen MR) is 67.1 cm³/mol. The van der Waals surface area contributed by atoms with Crippen LogP contribution in [0.3, 0.4) is 0 Å². The van der Waals surface area contributed by atoms with E-state index in [1.165, 1.54) is 11.5 Å². The Morgan fingerprint density at radius 2 is 1.83 bits per heavy atom. The lowest BCUT2D eigenvalue weighted by atomic mass is 9.93. The Bertz CT molecular complexity index is 118. The van der Waals surface area contributed by atoms with Crippen molar-refractivity contribution in [3.63, 3.8) is 0 Å². The Morgan fingerprint density at radius 3 is 1.92 bits per heavy atom. The fraction of sp³-hybridized carbons (Fsp3) is 0.778. The maximum absolute atomic E-state index is 4.18. The summed E-state index contributed by atoms with van der Waals surface area (Å²) in [6.45, 7) is 6.64. The van der Waals surface area contributed by atoms with E-state index in [1.807, 2.05) is 23.5 Å². The fourth-order valence-electron chi connectivity index (χ4n) is 0.308. The molecule has 0 radical (unpaired) electrons. The van der Waals surface area contributed by atoms with Gasteiger partial charge in [0.05, 0.1) is 0 Å². The summed E-state index contributed by atoms with van der Waals surface area (Å²) in [4.78, 5) is 0. The molecule has 0 nitrogen and oxygen atoms in total. The molecule has 0 saturated heterocycles. The zero-order valence-corrected chi connectivity index (χ0v) is 10.6. The van der Waals surface area contributed by atoms with Crippen molar-refractivity contribution in [2.75, 3.05) is 10.8 Å². The maximum atomic E-state index is 4.18. The van der Waals surface area contributed by atoms with Crippen LogP contribution >= 0.6 is 36.2 Å². The molecule has 1 heterocycles. The highest BCUT2D eigenvalue weighted by atomic mass is 32.2. The maximum Gasteiger partial charge on any atom is 0.0475 e. The van der Waals surface area contributed by atoms with E-state index in [1.54, 1.807) is 0 Å². The first-order valence-corrected chi connectivity index (χ1v) is 6.84. The molecule has 0 aromatic carbocycles. The zero-order valence-electron chi connectivity index (χ0n) is 8.04. The lowest BCUT2D eigenvalue weighted by molar-refractivity contribution is 0.409. The quantitative estimate of drug-likeness (QED) is 0.694. The summed E-state index contributed by atoms with van der Waals surface area (Å²) >= 11 is 7.89. The van der Waals surface area contributed by atoms with E-state index in [4.69, 9.17) is 0 Å². The molecule has 0 bridgehead atoms. The van der Waals surface area contributed by atoms with Gasteiger partial charge in [-0.25, -0.2) is 0 Å². The lowest BCUT2D eigenvalue weighted by Gasteiger charge is -2.17. The molecule has 1 aliphatic heterocycles. The molecule has 1 aliphatic rings. The summed E-state index contributed by atoms with van der Waals surface area (Å²) in [5.41, 5.74) is 0.448. The Kier molecular flexibility index (Phi) is 7.69. The van der Waals surface area contributed by atoms with Gasteiger partial charge in [-0.15, -0.1) is 23.5 Å². The summed E-state index contributed by atoms with van der Waals surface area (Å²) in [5, 5.41) is 5.45. The average molecular weight is 222 g/mol. The minimum atomic E-state index is 0.448. The number of thiol groups is 1. The Balaban J connectivity index is 0.000000211. The van der Waals surface area contributed by atoms with Gasteiger partial charge in [0.25, 0.3) is 0 Å². The molecule has 0 N–H and O–H groups in total. The minimum absolute atomic E-state index is 0.448. The van der Waals surface area contributed by atoms with Crippen LogP contribution in [0.5, 0.6) is 0 Å². The van der Waals surface area contributed by atoms with Crippen LogP contribution in [-0.4, -0.2) is 10.8 Å². The SMILES string of the molecule is C1=CSCS1.CCC(C)(C)CS. The van der Waals surface area contributed by atoms with Crippen LogP contribution in [0.15, 0.2) is 10.8 Å². The van der Waals surface area contributed by atoms with Crippen LogP contribution in [0.4, 0.5) is 0 Å². The van der Waals surface area contributed by atoms with Crippen LogP contribution in [0.2, 0.25) is 0 Å². The van der Waals surface area contributed by atoms with E-state index < -0.39 is 0 Å². The van der Waals surface area contributed by atoms with Gasteiger partial charge in [0.1, 0.15) is 0 Å². The third kappa shape index (κ3) is 7.44. The second-order valence-electron chi connectivity index (χ2n) is 3.40. The van der Waals surface area contributed by atoms with Crippen molar-refractivity contribution in [3.8, 4) is 0 Å². The summed E-state index contributed by atoms with van der Waals surface area (Å²) in [7, 11) is 0. The monoisotopic (exact) mass is 222 g/mol. The molecule has 0 atom stereocenters. The molecule has 0 spiro atoms. The molecular formula is C9H18S3. The first-order valence-electron chi connectivity index (χ1n) is 4.11. The molecule has 0 aromatic heterocycles. The van der Waals surface area contributed by atoms with Crippen molar-refractivity contribution in [1.82, 2.24) is 0 Å². The van der Waals surface area contributed by atoms with E-state index in [2.05, 4.69) is 44.2 Å². The Hall–Kier alpha value is 0.790.